The van der Waals surface area contributed by atoms with E-state index >= 15 is 0 Å². The molecule has 2 aliphatic heterocycles. The fraction of sp³-hybridized carbons (Fsp3) is 0.550. The van der Waals surface area contributed by atoms with Crippen LogP contribution in [0, 0.1) is 11.7 Å². The molecule has 0 radical (unpaired) electrons. The molecular weight excluding hydrogens is 449 g/mol. The third-order valence-electron chi connectivity index (χ3n) is 5.99. The molecule has 174 valence electrons. The van der Waals surface area contributed by atoms with Crippen molar-refractivity contribution in [1.82, 2.24) is 9.80 Å². The number of halogens is 3. The van der Waals surface area contributed by atoms with Crippen molar-refractivity contribution in [3.63, 3.8) is 0 Å². The SMILES string of the molecule is CSC(=O)N(C)C1CN(c2ccc(N3CCN(C(=O)C4CC4(F)F)CC3)c(F)c2)C(=O)O1. The Bertz CT molecular complexity index is 941. The number of thioether (sulfide) groups is 1. The third-order valence-corrected chi connectivity index (χ3v) is 6.63. The predicted molar refractivity (Wildman–Crippen MR) is 113 cm³/mol. The second kappa shape index (κ2) is 8.38. The highest BCUT2D eigenvalue weighted by Crippen LogP contribution is 2.49. The van der Waals surface area contributed by atoms with E-state index in [-0.39, 0.29) is 24.9 Å². The van der Waals surface area contributed by atoms with Gasteiger partial charge in [-0.15, -0.1) is 0 Å². The number of ether oxygens (including phenoxy) is 1. The van der Waals surface area contributed by atoms with Crippen molar-refractivity contribution in [3.8, 4) is 0 Å². The molecule has 0 N–H and O–H groups in total. The Morgan fingerprint density at radius 1 is 1.22 bits per heavy atom. The zero-order chi connectivity index (χ0) is 23.2. The Kier molecular flexibility index (Phi) is 5.91. The Balaban J connectivity index is 1.38. The molecule has 1 aromatic carbocycles. The van der Waals surface area contributed by atoms with Crippen LogP contribution in [0.15, 0.2) is 18.2 Å². The number of hydrogen-bond acceptors (Lipinski definition) is 6. The number of carbonyl (C=O) groups excluding carboxylic acids is 3. The highest BCUT2D eigenvalue weighted by atomic mass is 32.2. The minimum absolute atomic E-state index is 0.0764. The van der Waals surface area contributed by atoms with Gasteiger partial charge in [0.15, 0.2) is 6.23 Å². The number of carbonyl (C=O) groups is 3. The second-order valence-electron chi connectivity index (χ2n) is 8.00. The van der Waals surface area contributed by atoms with Gasteiger partial charge in [0.2, 0.25) is 5.91 Å². The van der Waals surface area contributed by atoms with Gasteiger partial charge in [0.05, 0.1) is 17.9 Å². The molecule has 3 amide bonds. The second-order valence-corrected chi connectivity index (χ2v) is 8.75. The van der Waals surface area contributed by atoms with Gasteiger partial charge in [0, 0.05) is 39.6 Å². The van der Waals surface area contributed by atoms with Crippen LogP contribution >= 0.6 is 11.8 Å². The Morgan fingerprint density at radius 3 is 2.44 bits per heavy atom. The first-order valence-electron chi connectivity index (χ1n) is 10.1. The van der Waals surface area contributed by atoms with Crippen molar-refractivity contribution >= 4 is 40.4 Å². The highest BCUT2D eigenvalue weighted by molar-refractivity contribution is 8.12. The summed E-state index contributed by atoms with van der Waals surface area (Å²) in [6, 6.07) is 4.34. The number of alkyl halides is 2. The van der Waals surface area contributed by atoms with E-state index in [0.717, 1.165) is 11.8 Å². The fourth-order valence-corrected chi connectivity index (χ4v) is 4.32. The van der Waals surface area contributed by atoms with Crippen LogP contribution in [0.3, 0.4) is 0 Å². The molecule has 1 aromatic rings. The van der Waals surface area contributed by atoms with Gasteiger partial charge in [-0.2, -0.15) is 0 Å². The van der Waals surface area contributed by atoms with Crippen LogP contribution in [-0.4, -0.2) is 85.2 Å². The first kappa shape index (κ1) is 22.6. The molecule has 3 aliphatic rings. The first-order valence-corrected chi connectivity index (χ1v) is 11.3. The van der Waals surface area contributed by atoms with Crippen molar-refractivity contribution in [1.29, 1.82) is 0 Å². The number of cyclic esters (lactones) is 1. The van der Waals surface area contributed by atoms with E-state index in [4.69, 9.17) is 4.74 Å². The highest BCUT2D eigenvalue weighted by Gasteiger charge is 2.62. The number of likely N-dealkylation sites (N-methyl/N-ethyl adjacent to an activating group) is 1. The Labute approximate surface area is 187 Å². The van der Waals surface area contributed by atoms with Crippen molar-refractivity contribution in [3.05, 3.63) is 24.0 Å². The molecule has 32 heavy (non-hydrogen) atoms. The maximum atomic E-state index is 14.9. The van der Waals surface area contributed by atoms with Crippen LogP contribution in [0.2, 0.25) is 0 Å². The average molecular weight is 472 g/mol. The van der Waals surface area contributed by atoms with Gasteiger partial charge in [0.25, 0.3) is 11.2 Å². The number of piperazine rings is 1. The molecule has 2 saturated heterocycles. The smallest absolute Gasteiger partial charge is 0.416 e. The summed E-state index contributed by atoms with van der Waals surface area (Å²) in [5.41, 5.74) is 0.602. The minimum Gasteiger partial charge on any atom is -0.423 e. The summed E-state index contributed by atoms with van der Waals surface area (Å²) in [6.45, 7) is 1.18. The Morgan fingerprint density at radius 2 is 1.88 bits per heavy atom. The van der Waals surface area contributed by atoms with E-state index in [2.05, 4.69) is 0 Å². The van der Waals surface area contributed by atoms with Gasteiger partial charge in [-0.05, 0) is 24.5 Å². The number of benzene rings is 1. The summed E-state index contributed by atoms with van der Waals surface area (Å²) in [4.78, 5) is 41.9. The quantitative estimate of drug-likeness (QED) is 0.671. The first-order chi connectivity index (χ1) is 15.1. The lowest BCUT2D eigenvalue weighted by Gasteiger charge is -2.36. The molecule has 8 nitrogen and oxygen atoms in total. The van der Waals surface area contributed by atoms with Gasteiger partial charge in [0.1, 0.15) is 11.7 Å². The van der Waals surface area contributed by atoms with Crippen LogP contribution < -0.4 is 9.80 Å². The summed E-state index contributed by atoms with van der Waals surface area (Å²) in [6.07, 6.45) is -0.219. The lowest BCUT2D eigenvalue weighted by atomic mass is 10.2. The predicted octanol–water partition coefficient (Wildman–Crippen LogP) is 2.83. The number of amides is 3. The van der Waals surface area contributed by atoms with Crippen molar-refractivity contribution in [2.75, 3.05) is 55.8 Å². The summed E-state index contributed by atoms with van der Waals surface area (Å²) < 4.78 is 46.4. The van der Waals surface area contributed by atoms with Crippen LogP contribution in [0.5, 0.6) is 0 Å². The van der Waals surface area contributed by atoms with E-state index in [1.54, 1.807) is 17.2 Å². The van der Waals surface area contributed by atoms with Crippen LogP contribution in [0.4, 0.5) is 34.1 Å². The van der Waals surface area contributed by atoms with Gasteiger partial charge >= 0.3 is 6.09 Å². The van der Waals surface area contributed by atoms with E-state index in [9.17, 15) is 27.6 Å². The summed E-state index contributed by atoms with van der Waals surface area (Å²) in [5, 5.41) is -0.255. The lowest BCUT2D eigenvalue weighted by molar-refractivity contribution is -0.135. The monoisotopic (exact) mass is 472 g/mol. The summed E-state index contributed by atoms with van der Waals surface area (Å²) >= 11 is 0.995. The zero-order valence-electron chi connectivity index (χ0n) is 17.6. The topological polar surface area (TPSA) is 73.4 Å². The van der Waals surface area contributed by atoms with Gasteiger partial charge in [-0.1, -0.05) is 11.8 Å². The maximum Gasteiger partial charge on any atom is 0.416 e. The number of anilines is 2. The van der Waals surface area contributed by atoms with Crippen LogP contribution in [0.1, 0.15) is 6.42 Å². The van der Waals surface area contributed by atoms with E-state index < -0.39 is 42.3 Å². The largest absolute Gasteiger partial charge is 0.423 e. The fourth-order valence-electron chi connectivity index (χ4n) is 3.91. The van der Waals surface area contributed by atoms with E-state index in [1.807, 2.05) is 0 Å². The Hall–Kier alpha value is -2.63. The van der Waals surface area contributed by atoms with Crippen molar-refractivity contribution in [2.45, 2.75) is 18.6 Å². The molecular formula is C20H23F3N4O4S. The maximum absolute atomic E-state index is 14.9. The van der Waals surface area contributed by atoms with Crippen molar-refractivity contribution in [2.24, 2.45) is 5.92 Å². The summed E-state index contributed by atoms with van der Waals surface area (Å²) in [7, 11) is 1.53. The normalized spacial score (nSPS) is 24.4. The molecule has 4 rings (SSSR count). The summed E-state index contributed by atoms with van der Waals surface area (Å²) in [5.74, 6) is -5.22. The van der Waals surface area contributed by atoms with E-state index in [1.165, 1.54) is 33.9 Å². The van der Waals surface area contributed by atoms with Gasteiger partial charge in [-0.25, -0.2) is 18.0 Å². The van der Waals surface area contributed by atoms with Gasteiger partial charge < -0.3 is 14.5 Å². The molecule has 2 unspecified atom stereocenters. The van der Waals surface area contributed by atoms with E-state index in [0.29, 0.717) is 24.5 Å². The minimum atomic E-state index is -2.90. The van der Waals surface area contributed by atoms with Crippen LogP contribution in [0.25, 0.3) is 0 Å². The molecule has 0 spiro atoms. The number of rotatable bonds is 4. The number of hydrogen-bond donors (Lipinski definition) is 0. The lowest BCUT2D eigenvalue weighted by Crippen LogP contribution is -2.49. The average Bonchev–Trinajstić information content (AvgIpc) is 3.24. The van der Waals surface area contributed by atoms with Crippen LogP contribution in [-0.2, 0) is 9.53 Å². The van der Waals surface area contributed by atoms with Crippen molar-refractivity contribution < 1.29 is 32.3 Å². The van der Waals surface area contributed by atoms with Gasteiger partial charge in [-0.3, -0.25) is 19.4 Å². The molecule has 0 bridgehead atoms. The molecule has 2 heterocycles. The number of nitrogens with zero attached hydrogens (tertiary/aromatic N) is 4. The molecule has 3 fully saturated rings. The third kappa shape index (κ3) is 4.19. The molecule has 1 aliphatic carbocycles. The molecule has 1 saturated carbocycles. The molecule has 12 heteroatoms. The zero-order valence-corrected chi connectivity index (χ0v) is 18.4. The standard InChI is InChI=1S/C20H23F3N4O4S/c1-24(19(30)32-2)16-11-27(18(29)31-16)12-3-4-15(14(21)9-12)25-5-7-26(8-6-25)17(28)13-10-20(13,22)23/h3-4,9,13,16H,5-8,10-11H2,1-2H3. The molecule has 2 atom stereocenters. The molecule has 0 aromatic heterocycles.